The molecule has 1 heterocycles. The van der Waals surface area contributed by atoms with Crippen LogP contribution in [-0.2, 0) is 6.42 Å². The zero-order chi connectivity index (χ0) is 19.9. The van der Waals surface area contributed by atoms with Crippen molar-refractivity contribution in [2.75, 3.05) is 39.3 Å². The second kappa shape index (κ2) is 11.7. The van der Waals surface area contributed by atoms with Gasteiger partial charge in [0.2, 0.25) is 0 Å². The van der Waals surface area contributed by atoms with Crippen molar-refractivity contribution in [1.82, 2.24) is 15.1 Å². The van der Waals surface area contributed by atoms with Gasteiger partial charge >= 0.3 is 6.18 Å². The Labute approximate surface area is 182 Å². The van der Waals surface area contributed by atoms with Crippen LogP contribution >= 0.6 is 24.0 Å². The van der Waals surface area contributed by atoms with Gasteiger partial charge in [0.05, 0.1) is 0 Å². The molecule has 1 aliphatic rings. The number of nitrogens with zero attached hydrogens (tertiary/aromatic N) is 3. The van der Waals surface area contributed by atoms with E-state index in [-0.39, 0.29) is 29.7 Å². The van der Waals surface area contributed by atoms with Crippen molar-refractivity contribution in [3.8, 4) is 5.75 Å². The Kier molecular flexibility index (Phi) is 10.4. The molecular weight excluding hydrogens is 484 g/mol. The quantitative estimate of drug-likeness (QED) is 0.264. The van der Waals surface area contributed by atoms with Crippen molar-refractivity contribution < 1.29 is 18.3 Å². The Morgan fingerprint density at radius 2 is 1.79 bits per heavy atom. The molecule has 1 aromatic carbocycles. The van der Waals surface area contributed by atoms with Gasteiger partial charge in [-0.15, -0.1) is 24.0 Å². The molecular formula is C19H30F3IN4O. The second-order valence-electron chi connectivity index (χ2n) is 6.75. The van der Waals surface area contributed by atoms with Crippen LogP contribution in [0, 0.1) is 0 Å². The fourth-order valence-corrected chi connectivity index (χ4v) is 3.08. The highest BCUT2D eigenvalue weighted by molar-refractivity contribution is 14.0. The fraction of sp³-hybridized carbons (Fsp3) is 0.632. The number of aryl methyl sites for hydroxylation is 1. The van der Waals surface area contributed by atoms with Crippen LogP contribution in [-0.4, -0.2) is 72.4 Å². The largest absolute Gasteiger partial charge is 0.508 e. The minimum absolute atomic E-state index is 0. The fourth-order valence-electron chi connectivity index (χ4n) is 3.08. The molecule has 1 atom stereocenters. The lowest BCUT2D eigenvalue weighted by atomic mass is 10.1. The highest BCUT2D eigenvalue weighted by atomic mass is 127. The van der Waals surface area contributed by atoms with Gasteiger partial charge in [-0.3, -0.25) is 9.89 Å². The Morgan fingerprint density at radius 1 is 1.18 bits per heavy atom. The van der Waals surface area contributed by atoms with Gasteiger partial charge in [-0.1, -0.05) is 12.1 Å². The second-order valence-corrected chi connectivity index (χ2v) is 6.75. The number of aromatic hydroxyl groups is 1. The maximum absolute atomic E-state index is 12.9. The van der Waals surface area contributed by atoms with Crippen molar-refractivity contribution in [3.05, 3.63) is 29.8 Å². The number of phenols is 1. The van der Waals surface area contributed by atoms with Crippen LogP contribution < -0.4 is 5.32 Å². The molecule has 1 aromatic rings. The summed E-state index contributed by atoms with van der Waals surface area (Å²) >= 11 is 0. The molecule has 0 radical (unpaired) electrons. The summed E-state index contributed by atoms with van der Waals surface area (Å²) in [6.45, 7) is 6.37. The number of hydrogen-bond acceptors (Lipinski definition) is 3. The van der Waals surface area contributed by atoms with Crippen LogP contribution in [0.2, 0.25) is 0 Å². The Bertz CT molecular complexity index is 602. The summed E-state index contributed by atoms with van der Waals surface area (Å²) in [5, 5.41) is 12.5. The zero-order valence-electron chi connectivity index (χ0n) is 16.4. The third-order valence-corrected chi connectivity index (χ3v) is 4.79. The number of hydrogen-bond donors (Lipinski definition) is 2. The first-order valence-corrected chi connectivity index (χ1v) is 9.43. The average Bonchev–Trinajstić information content (AvgIpc) is 2.64. The van der Waals surface area contributed by atoms with Crippen molar-refractivity contribution >= 4 is 29.9 Å². The van der Waals surface area contributed by atoms with Gasteiger partial charge in [-0.2, -0.15) is 13.2 Å². The van der Waals surface area contributed by atoms with Crippen molar-refractivity contribution in [2.45, 2.75) is 38.9 Å². The number of alkyl halides is 3. The summed E-state index contributed by atoms with van der Waals surface area (Å²) in [6.07, 6.45) is -2.46. The normalized spacial score (nSPS) is 17.2. The predicted molar refractivity (Wildman–Crippen MR) is 116 cm³/mol. The van der Waals surface area contributed by atoms with Crippen molar-refractivity contribution in [2.24, 2.45) is 4.99 Å². The van der Waals surface area contributed by atoms with Crippen LogP contribution in [0.3, 0.4) is 0 Å². The Balaban J connectivity index is 0.00000392. The molecule has 1 aliphatic heterocycles. The van der Waals surface area contributed by atoms with E-state index in [2.05, 4.69) is 10.3 Å². The lowest BCUT2D eigenvalue weighted by Crippen LogP contribution is -2.56. The lowest BCUT2D eigenvalue weighted by molar-refractivity contribution is -0.181. The minimum Gasteiger partial charge on any atom is -0.508 e. The van der Waals surface area contributed by atoms with E-state index >= 15 is 0 Å². The molecule has 5 nitrogen and oxygen atoms in total. The van der Waals surface area contributed by atoms with Gasteiger partial charge in [-0.25, -0.2) is 0 Å². The molecule has 0 spiro atoms. The standard InChI is InChI=1S/C19H29F3N4O.HI/c1-3-23-18(24-10-4-5-16-6-8-17(27)9-7-16)26-13-11-25(12-14-26)15(2)19(20,21)22;/h6-9,15,27H,3-5,10-14H2,1-2H3,(H,23,24);1H. The van der Waals surface area contributed by atoms with Gasteiger partial charge in [-0.05, 0) is 44.4 Å². The molecule has 0 saturated carbocycles. The third kappa shape index (κ3) is 7.65. The SMILES string of the molecule is CCNC(=NCCCc1ccc(O)cc1)N1CCN(C(C)C(F)(F)F)CC1.I. The zero-order valence-corrected chi connectivity index (χ0v) is 18.7. The summed E-state index contributed by atoms with van der Waals surface area (Å²) in [5.74, 6) is 1.02. The van der Waals surface area contributed by atoms with E-state index in [1.807, 2.05) is 24.0 Å². The third-order valence-electron chi connectivity index (χ3n) is 4.79. The van der Waals surface area contributed by atoms with Crippen LogP contribution in [0.1, 0.15) is 25.8 Å². The molecule has 9 heteroatoms. The number of rotatable bonds is 6. The van der Waals surface area contributed by atoms with Crippen LogP contribution in [0.25, 0.3) is 0 Å². The molecule has 0 amide bonds. The van der Waals surface area contributed by atoms with Crippen LogP contribution in [0.5, 0.6) is 5.75 Å². The molecule has 1 saturated heterocycles. The number of phenolic OH excluding ortho intramolecular Hbond substituents is 1. The van der Waals surface area contributed by atoms with E-state index in [0.717, 1.165) is 30.9 Å². The predicted octanol–water partition coefficient (Wildman–Crippen LogP) is 3.48. The molecule has 1 unspecified atom stereocenters. The molecule has 0 aliphatic carbocycles. The molecule has 2 rings (SSSR count). The number of aliphatic imine (C=N–C) groups is 1. The van der Waals surface area contributed by atoms with E-state index in [4.69, 9.17) is 0 Å². The summed E-state index contributed by atoms with van der Waals surface area (Å²) in [4.78, 5) is 8.14. The smallest absolute Gasteiger partial charge is 0.403 e. The first-order chi connectivity index (χ1) is 12.8. The highest BCUT2D eigenvalue weighted by Crippen LogP contribution is 2.25. The number of benzene rings is 1. The first kappa shape index (κ1) is 24.8. The van der Waals surface area contributed by atoms with Crippen molar-refractivity contribution in [3.63, 3.8) is 0 Å². The number of guanidine groups is 1. The molecule has 28 heavy (non-hydrogen) atoms. The van der Waals surface area contributed by atoms with Crippen molar-refractivity contribution in [1.29, 1.82) is 0 Å². The summed E-state index contributed by atoms with van der Waals surface area (Å²) < 4.78 is 38.6. The van der Waals surface area contributed by atoms with E-state index in [1.165, 1.54) is 11.8 Å². The van der Waals surface area contributed by atoms with Gasteiger partial charge in [0.15, 0.2) is 5.96 Å². The monoisotopic (exact) mass is 514 g/mol. The van der Waals surface area contributed by atoms with E-state index < -0.39 is 12.2 Å². The first-order valence-electron chi connectivity index (χ1n) is 9.43. The van der Waals surface area contributed by atoms with Gasteiger partial charge in [0.25, 0.3) is 0 Å². The molecule has 2 N–H and O–H groups in total. The Morgan fingerprint density at radius 3 is 2.32 bits per heavy atom. The number of piperazine rings is 1. The summed E-state index contributed by atoms with van der Waals surface area (Å²) in [6, 6.07) is 5.72. The topological polar surface area (TPSA) is 51.1 Å². The molecule has 160 valence electrons. The summed E-state index contributed by atoms with van der Waals surface area (Å²) in [7, 11) is 0. The minimum atomic E-state index is -4.19. The number of nitrogens with one attached hydrogen (secondary N) is 1. The van der Waals surface area contributed by atoms with Crippen LogP contribution in [0.4, 0.5) is 13.2 Å². The van der Waals surface area contributed by atoms with E-state index in [9.17, 15) is 18.3 Å². The maximum Gasteiger partial charge on any atom is 0.403 e. The maximum atomic E-state index is 12.9. The summed E-state index contributed by atoms with van der Waals surface area (Å²) in [5.41, 5.74) is 1.14. The molecule has 1 fully saturated rings. The Hall–Kier alpha value is -1.23. The average molecular weight is 514 g/mol. The lowest BCUT2D eigenvalue weighted by Gasteiger charge is -2.39. The van der Waals surface area contributed by atoms with E-state index in [1.54, 1.807) is 12.1 Å². The van der Waals surface area contributed by atoms with Gasteiger partial charge < -0.3 is 15.3 Å². The van der Waals surface area contributed by atoms with E-state index in [0.29, 0.717) is 32.7 Å². The molecule has 0 bridgehead atoms. The van der Waals surface area contributed by atoms with Gasteiger partial charge in [0.1, 0.15) is 11.8 Å². The molecule has 0 aromatic heterocycles. The van der Waals surface area contributed by atoms with Gasteiger partial charge in [0, 0.05) is 39.3 Å². The highest BCUT2D eigenvalue weighted by Gasteiger charge is 2.41. The van der Waals surface area contributed by atoms with Crippen LogP contribution in [0.15, 0.2) is 29.3 Å². The number of halogens is 4.